The molecule has 1 aliphatic carbocycles. The van der Waals surface area contributed by atoms with Crippen LogP contribution in [0.5, 0.6) is 11.5 Å². The van der Waals surface area contributed by atoms with Crippen LogP contribution in [0.15, 0.2) is 30.3 Å². The van der Waals surface area contributed by atoms with Gasteiger partial charge in [-0.1, -0.05) is 19.3 Å². The van der Waals surface area contributed by atoms with E-state index < -0.39 is 12.6 Å². The predicted molar refractivity (Wildman–Crippen MR) is 133 cm³/mol. The van der Waals surface area contributed by atoms with Crippen LogP contribution in [0.2, 0.25) is 0 Å². The van der Waals surface area contributed by atoms with E-state index in [9.17, 15) is 19.2 Å². The number of carbonyl (C=O) groups is 4. The summed E-state index contributed by atoms with van der Waals surface area (Å²) >= 11 is 0. The van der Waals surface area contributed by atoms with Gasteiger partial charge in [0.2, 0.25) is 11.8 Å². The molecule has 4 rings (SSSR count). The second-order valence-corrected chi connectivity index (χ2v) is 9.00. The van der Waals surface area contributed by atoms with Crippen molar-refractivity contribution in [1.82, 2.24) is 0 Å². The maximum absolute atomic E-state index is 13.0. The lowest BCUT2D eigenvalue weighted by Gasteiger charge is -2.22. The first kappa shape index (κ1) is 25.2. The predicted octanol–water partition coefficient (Wildman–Crippen LogP) is 4.15. The van der Waals surface area contributed by atoms with Crippen molar-refractivity contribution in [3.05, 3.63) is 47.0 Å². The number of nitrogens with one attached hydrogen (secondary N) is 2. The quantitative estimate of drug-likeness (QED) is 0.418. The summed E-state index contributed by atoms with van der Waals surface area (Å²) in [5, 5.41) is 5.62. The molecule has 2 N–H and O–H groups in total. The lowest BCUT2D eigenvalue weighted by molar-refractivity contribution is -0.120. The van der Waals surface area contributed by atoms with Crippen molar-refractivity contribution in [2.24, 2.45) is 5.92 Å². The summed E-state index contributed by atoms with van der Waals surface area (Å²) in [4.78, 5) is 50.2. The fourth-order valence-corrected chi connectivity index (χ4v) is 4.60. The van der Waals surface area contributed by atoms with Gasteiger partial charge in [0.25, 0.3) is 0 Å². The molecule has 0 atom stereocenters. The number of amides is 2. The summed E-state index contributed by atoms with van der Waals surface area (Å²) in [6.07, 6.45) is 5.61. The normalized spacial score (nSPS) is 15.3. The molecule has 0 saturated heterocycles. The number of ketones is 1. The average Bonchev–Trinajstić information content (AvgIpc) is 2.91. The van der Waals surface area contributed by atoms with Crippen molar-refractivity contribution >= 4 is 34.9 Å². The number of benzene rings is 2. The van der Waals surface area contributed by atoms with Crippen LogP contribution in [0.3, 0.4) is 0 Å². The number of Topliss-reactive ketones (excluding diaryl/α,β-unsaturated/α-hetero) is 1. The molecule has 36 heavy (non-hydrogen) atoms. The zero-order valence-corrected chi connectivity index (χ0v) is 20.5. The standard InChI is InChI=1S/C27H30N2O7/c1-34-23-13-19(21(14-24(23)35-2)29-26(32)16-6-4-3-5-7-16)27(33)36-15-22(30)18-8-10-20-17(12-18)9-11-25(31)28-20/h8,10,12-14,16H,3-7,9,11,15H2,1-2H3,(H,28,31)(H,29,32). The summed E-state index contributed by atoms with van der Waals surface area (Å²) < 4.78 is 16.0. The lowest BCUT2D eigenvalue weighted by Crippen LogP contribution is -2.26. The molecule has 1 heterocycles. The number of ether oxygens (including phenoxy) is 3. The Hall–Kier alpha value is -3.88. The van der Waals surface area contributed by atoms with Crippen LogP contribution in [0.4, 0.5) is 11.4 Å². The van der Waals surface area contributed by atoms with Crippen LogP contribution in [-0.4, -0.2) is 44.4 Å². The molecular weight excluding hydrogens is 464 g/mol. The van der Waals surface area contributed by atoms with Gasteiger partial charge in [-0.3, -0.25) is 14.4 Å². The molecule has 2 aromatic rings. The Balaban J connectivity index is 1.49. The third kappa shape index (κ3) is 5.67. The summed E-state index contributed by atoms with van der Waals surface area (Å²) in [5.74, 6) is -0.839. The van der Waals surface area contributed by atoms with E-state index in [0.717, 1.165) is 37.7 Å². The highest BCUT2D eigenvalue weighted by Gasteiger charge is 2.25. The summed E-state index contributed by atoms with van der Waals surface area (Å²) in [6, 6.07) is 7.93. The monoisotopic (exact) mass is 494 g/mol. The molecule has 2 aromatic carbocycles. The number of anilines is 2. The smallest absolute Gasteiger partial charge is 0.340 e. The summed E-state index contributed by atoms with van der Waals surface area (Å²) in [6.45, 7) is -0.478. The molecule has 1 fully saturated rings. The first-order chi connectivity index (χ1) is 17.4. The molecule has 1 aliphatic heterocycles. The molecule has 0 spiro atoms. The molecule has 0 aromatic heterocycles. The highest BCUT2D eigenvalue weighted by Crippen LogP contribution is 2.35. The van der Waals surface area contributed by atoms with Crippen LogP contribution in [-0.2, 0) is 20.7 Å². The maximum Gasteiger partial charge on any atom is 0.340 e. The third-order valence-electron chi connectivity index (χ3n) is 6.63. The number of hydrogen-bond acceptors (Lipinski definition) is 7. The largest absolute Gasteiger partial charge is 0.493 e. The Kier molecular flexibility index (Phi) is 7.87. The second kappa shape index (κ2) is 11.2. The van der Waals surface area contributed by atoms with Gasteiger partial charge in [-0.05, 0) is 43.0 Å². The lowest BCUT2D eigenvalue weighted by atomic mass is 9.88. The maximum atomic E-state index is 13.0. The van der Waals surface area contributed by atoms with Crippen LogP contribution in [0.1, 0.15) is 64.8 Å². The van der Waals surface area contributed by atoms with E-state index in [1.807, 2.05) is 0 Å². The molecule has 1 saturated carbocycles. The van der Waals surface area contributed by atoms with E-state index in [0.29, 0.717) is 35.6 Å². The Morgan fingerprint density at radius 2 is 1.69 bits per heavy atom. The average molecular weight is 495 g/mol. The van der Waals surface area contributed by atoms with Crippen LogP contribution in [0, 0.1) is 5.92 Å². The Labute approximate surface area is 209 Å². The van der Waals surface area contributed by atoms with Gasteiger partial charge >= 0.3 is 5.97 Å². The van der Waals surface area contributed by atoms with Crippen LogP contribution in [0.25, 0.3) is 0 Å². The summed E-state index contributed by atoms with van der Waals surface area (Å²) in [7, 11) is 2.90. The molecule has 2 amide bonds. The first-order valence-electron chi connectivity index (χ1n) is 12.1. The van der Waals surface area contributed by atoms with E-state index in [1.54, 1.807) is 18.2 Å². The van der Waals surface area contributed by atoms with E-state index in [1.165, 1.54) is 26.4 Å². The van der Waals surface area contributed by atoms with E-state index in [-0.39, 0.29) is 34.8 Å². The highest BCUT2D eigenvalue weighted by molar-refractivity contribution is 6.05. The van der Waals surface area contributed by atoms with Gasteiger partial charge in [-0.15, -0.1) is 0 Å². The number of esters is 1. The van der Waals surface area contributed by atoms with Gasteiger partial charge in [0.1, 0.15) is 0 Å². The molecule has 9 heteroatoms. The zero-order valence-electron chi connectivity index (χ0n) is 20.5. The van der Waals surface area contributed by atoms with Crippen molar-refractivity contribution < 1.29 is 33.4 Å². The van der Waals surface area contributed by atoms with Crippen LogP contribution >= 0.6 is 0 Å². The van der Waals surface area contributed by atoms with Gasteiger partial charge in [-0.2, -0.15) is 0 Å². The Morgan fingerprint density at radius 3 is 2.42 bits per heavy atom. The molecule has 0 bridgehead atoms. The van der Waals surface area contributed by atoms with Crippen molar-refractivity contribution in [3.63, 3.8) is 0 Å². The second-order valence-electron chi connectivity index (χ2n) is 9.00. The van der Waals surface area contributed by atoms with Crippen molar-refractivity contribution in [2.75, 3.05) is 31.5 Å². The fourth-order valence-electron chi connectivity index (χ4n) is 4.60. The number of carbonyl (C=O) groups excluding carboxylic acids is 4. The number of hydrogen-bond donors (Lipinski definition) is 2. The third-order valence-corrected chi connectivity index (χ3v) is 6.63. The number of rotatable bonds is 8. The first-order valence-corrected chi connectivity index (χ1v) is 12.1. The molecule has 2 aliphatic rings. The number of methoxy groups -OCH3 is 2. The van der Waals surface area contributed by atoms with Gasteiger partial charge in [0.15, 0.2) is 23.9 Å². The molecule has 0 radical (unpaired) electrons. The molecule has 0 unspecified atom stereocenters. The molecule has 190 valence electrons. The van der Waals surface area contributed by atoms with Gasteiger partial charge in [-0.25, -0.2) is 4.79 Å². The van der Waals surface area contributed by atoms with Crippen molar-refractivity contribution in [3.8, 4) is 11.5 Å². The number of fused-ring (bicyclic) bond motifs is 1. The fraction of sp³-hybridized carbons (Fsp3) is 0.407. The number of aryl methyl sites for hydroxylation is 1. The summed E-state index contributed by atoms with van der Waals surface area (Å²) in [5.41, 5.74) is 2.24. The Morgan fingerprint density at radius 1 is 0.972 bits per heavy atom. The highest BCUT2D eigenvalue weighted by atomic mass is 16.5. The van der Waals surface area contributed by atoms with Gasteiger partial charge in [0.05, 0.1) is 25.5 Å². The van der Waals surface area contributed by atoms with Crippen molar-refractivity contribution in [2.45, 2.75) is 44.9 Å². The minimum absolute atomic E-state index is 0.0585. The molecular formula is C27H30N2O7. The van der Waals surface area contributed by atoms with Gasteiger partial charge in [0, 0.05) is 35.7 Å². The minimum atomic E-state index is -0.770. The van der Waals surface area contributed by atoms with Crippen molar-refractivity contribution in [1.29, 1.82) is 0 Å². The topological polar surface area (TPSA) is 120 Å². The minimum Gasteiger partial charge on any atom is -0.493 e. The Bertz CT molecular complexity index is 1180. The SMILES string of the molecule is COc1cc(NC(=O)C2CCCCC2)c(C(=O)OCC(=O)c2ccc3c(c2)CCC(=O)N3)cc1OC. The van der Waals surface area contributed by atoms with Gasteiger partial charge < -0.3 is 24.8 Å². The van der Waals surface area contributed by atoms with E-state index in [4.69, 9.17) is 14.2 Å². The van der Waals surface area contributed by atoms with E-state index in [2.05, 4.69) is 10.6 Å². The zero-order chi connectivity index (χ0) is 25.7. The van der Waals surface area contributed by atoms with Crippen LogP contribution < -0.4 is 20.1 Å². The molecule has 9 nitrogen and oxygen atoms in total. The van der Waals surface area contributed by atoms with E-state index >= 15 is 0 Å².